The van der Waals surface area contributed by atoms with E-state index in [1.54, 1.807) is 15.9 Å². The topological polar surface area (TPSA) is 97.5 Å². The second-order valence-electron chi connectivity index (χ2n) is 9.75. The number of benzene rings is 1. The van der Waals surface area contributed by atoms with Crippen LogP contribution in [-0.2, 0) is 14.3 Å². The Kier molecular flexibility index (Phi) is 8.51. The maximum absolute atomic E-state index is 13.6. The van der Waals surface area contributed by atoms with Crippen LogP contribution >= 0.6 is 11.6 Å². The molecule has 2 heterocycles. The summed E-state index contributed by atoms with van der Waals surface area (Å²) in [7, 11) is 0. The van der Waals surface area contributed by atoms with E-state index in [4.69, 9.17) is 26.8 Å². The number of hydrogen-bond acceptors (Lipinski definition) is 6. The van der Waals surface area contributed by atoms with Gasteiger partial charge in [-0.3, -0.25) is 14.6 Å². The van der Waals surface area contributed by atoms with Crippen LogP contribution in [0.3, 0.4) is 0 Å². The van der Waals surface area contributed by atoms with Gasteiger partial charge in [0, 0.05) is 56.4 Å². The third kappa shape index (κ3) is 6.37. The number of allylic oxidation sites excluding steroid dienone is 1. The Hall–Kier alpha value is -2.65. The molecular formula is C26H34ClFN4O4. The molecule has 0 radical (unpaired) electrons. The van der Waals surface area contributed by atoms with E-state index in [1.165, 1.54) is 12.1 Å². The Morgan fingerprint density at radius 2 is 1.86 bits per heavy atom. The molecule has 0 aromatic heterocycles. The molecule has 0 unspecified atom stereocenters. The Bertz CT molecular complexity index is 1040. The number of nitrogens with zero attached hydrogens (tertiary/aromatic N) is 3. The molecule has 10 heteroatoms. The number of ether oxygens (including phenoxy) is 2. The molecule has 0 spiro atoms. The van der Waals surface area contributed by atoms with Crippen LogP contribution in [0.1, 0.15) is 46.0 Å². The van der Waals surface area contributed by atoms with Crippen molar-refractivity contribution < 1.29 is 23.5 Å². The molecule has 1 saturated carbocycles. The van der Waals surface area contributed by atoms with Crippen LogP contribution < -0.4 is 10.5 Å². The van der Waals surface area contributed by atoms with Crippen molar-refractivity contribution in [3.05, 3.63) is 40.3 Å². The van der Waals surface area contributed by atoms with Crippen LogP contribution in [0.5, 0.6) is 5.75 Å². The van der Waals surface area contributed by atoms with E-state index >= 15 is 0 Å². The zero-order valence-corrected chi connectivity index (χ0v) is 21.6. The molecule has 4 rings (SSSR count). The normalized spacial score (nSPS) is 25.8. The second kappa shape index (κ2) is 11.6. The van der Waals surface area contributed by atoms with Gasteiger partial charge in [0.2, 0.25) is 5.91 Å². The van der Waals surface area contributed by atoms with Gasteiger partial charge in [-0.25, -0.2) is 4.39 Å². The first-order valence-corrected chi connectivity index (χ1v) is 13.0. The summed E-state index contributed by atoms with van der Waals surface area (Å²) in [5, 5.41) is 0.0565. The molecule has 2 amide bonds. The minimum atomic E-state index is -0.516. The molecule has 0 bridgehead atoms. The van der Waals surface area contributed by atoms with E-state index in [1.807, 2.05) is 13.8 Å². The number of piperidine rings is 1. The summed E-state index contributed by atoms with van der Waals surface area (Å²) in [5.41, 5.74) is 8.06. The highest BCUT2D eigenvalue weighted by atomic mass is 35.5. The summed E-state index contributed by atoms with van der Waals surface area (Å²) in [6, 6.07) is 4.39. The number of morpholine rings is 1. The molecule has 1 aromatic carbocycles. The number of amides is 2. The lowest BCUT2D eigenvalue weighted by atomic mass is 10.1. The van der Waals surface area contributed by atoms with E-state index in [9.17, 15) is 14.0 Å². The van der Waals surface area contributed by atoms with Gasteiger partial charge in [-0.2, -0.15) is 0 Å². The molecule has 36 heavy (non-hydrogen) atoms. The Morgan fingerprint density at radius 1 is 1.17 bits per heavy atom. The maximum Gasteiger partial charge on any atom is 0.270 e. The van der Waals surface area contributed by atoms with Crippen molar-refractivity contribution in [1.82, 2.24) is 9.80 Å². The lowest BCUT2D eigenvalue weighted by molar-refractivity contribution is -0.139. The SMILES string of the molecule is C[C@@H]1CN(C(=O)/C(N)=C2\CCCC2=NCC(=O)N2CCC(Oc3ccc(Cl)c(F)c3)CC2)C[C@H](C)O1. The third-order valence-electron chi connectivity index (χ3n) is 6.84. The fraction of sp³-hybridized carbons (Fsp3) is 0.577. The first kappa shape index (κ1) is 26.4. The van der Waals surface area contributed by atoms with Crippen LogP contribution in [0.25, 0.3) is 0 Å². The number of hydrogen-bond donors (Lipinski definition) is 1. The molecule has 2 N–H and O–H groups in total. The van der Waals surface area contributed by atoms with Crippen molar-refractivity contribution >= 4 is 29.1 Å². The molecular weight excluding hydrogens is 487 g/mol. The fourth-order valence-corrected chi connectivity index (χ4v) is 5.18. The summed E-state index contributed by atoms with van der Waals surface area (Å²) in [4.78, 5) is 33.9. The molecule has 1 aromatic rings. The predicted octanol–water partition coefficient (Wildman–Crippen LogP) is 3.32. The van der Waals surface area contributed by atoms with Crippen LogP contribution in [-0.4, -0.2) is 78.4 Å². The van der Waals surface area contributed by atoms with Crippen molar-refractivity contribution in [1.29, 1.82) is 0 Å². The van der Waals surface area contributed by atoms with Crippen LogP contribution in [0.4, 0.5) is 4.39 Å². The van der Waals surface area contributed by atoms with Gasteiger partial charge in [-0.15, -0.1) is 0 Å². The number of rotatable bonds is 5. The highest BCUT2D eigenvalue weighted by Gasteiger charge is 2.30. The van der Waals surface area contributed by atoms with E-state index in [0.717, 1.165) is 17.7 Å². The van der Waals surface area contributed by atoms with Crippen molar-refractivity contribution in [3.8, 4) is 5.75 Å². The van der Waals surface area contributed by atoms with Crippen LogP contribution in [0, 0.1) is 5.82 Å². The quantitative estimate of drug-likeness (QED) is 0.601. The van der Waals surface area contributed by atoms with Gasteiger partial charge in [-0.05, 0) is 45.2 Å². The lowest BCUT2D eigenvalue weighted by Gasteiger charge is -2.35. The fourth-order valence-electron chi connectivity index (χ4n) is 5.06. The average molecular weight is 521 g/mol. The van der Waals surface area contributed by atoms with Gasteiger partial charge < -0.3 is 25.0 Å². The van der Waals surface area contributed by atoms with Gasteiger partial charge in [0.1, 0.15) is 29.9 Å². The number of carbonyl (C=O) groups is 2. The number of nitrogens with two attached hydrogens (primary N) is 1. The summed E-state index contributed by atoms with van der Waals surface area (Å²) < 4.78 is 25.2. The van der Waals surface area contributed by atoms with Crippen molar-refractivity contribution in [2.24, 2.45) is 10.7 Å². The largest absolute Gasteiger partial charge is 0.490 e. The van der Waals surface area contributed by atoms with Crippen molar-refractivity contribution in [2.45, 2.75) is 64.3 Å². The van der Waals surface area contributed by atoms with Crippen molar-refractivity contribution in [3.63, 3.8) is 0 Å². The zero-order valence-electron chi connectivity index (χ0n) is 20.8. The third-order valence-corrected chi connectivity index (χ3v) is 7.15. The predicted molar refractivity (Wildman–Crippen MR) is 136 cm³/mol. The number of aliphatic imine (C=N–C) groups is 1. The Labute approximate surface area is 216 Å². The monoisotopic (exact) mass is 520 g/mol. The van der Waals surface area contributed by atoms with Crippen LogP contribution in [0.2, 0.25) is 5.02 Å². The molecule has 3 fully saturated rings. The molecule has 2 saturated heterocycles. The second-order valence-corrected chi connectivity index (χ2v) is 10.2. The van der Waals surface area contributed by atoms with Crippen LogP contribution in [0.15, 0.2) is 34.5 Å². The van der Waals surface area contributed by atoms with E-state index in [0.29, 0.717) is 57.6 Å². The first-order valence-electron chi connectivity index (χ1n) is 12.6. The maximum atomic E-state index is 13.6. The molecule has 1 aliphatic carbocycles. The summed E-state index contributed by atoms with van der Waals surface area (Å²) in [6.45, 7) is 6.02. The molecule has 8 nitrogen and oxygen atoms in total. The Morgan fingerprint density at radius 3 is 2.53 bits per heavy atom. The standard InChI is InChI=1S/C26H34ClFN4O4/c1-16-14-32(15-17(2)35-16)26(34)25(29)20-4-3-5-23(20)30-13-24(33)31-10-8-18(9-11-31)36-19-6-7-21(27)22(28)12-19/h6-7,12,16-18H,3-5,8-11,13-15,29H2,1-2H3/b25-20-,30-23?/t16-,17+. The number of halogens is 2. The molecule has 3 aliphatic rings. The number of carbonyl (C=O) groups excluding carboxylic acids is 2. The summed E-state index contributed by atoms with van der Waals surface area (Å²) in [6.07, 6.45) is 3.39. The first-order chi connectivity index (χ1) is 17.2. The van der Waals surface area contributed by atoms with Gasteiger partial charge in [0.15, 0.2) is 0 Å². The molecule has 196 valence electrons. The van der Waals surface area contributed by atoms with E-state index < -0.39 is 5.82 Å². The molecule has 2 aliphatic heterocycles. The smallest absolute Gasteiger partial charge is 0.270 e. The van der Waals surface area contributed by atoms with Gasteiger partial charge in [0.05, 0.1) is 17.2 Å². The zero-order chi connectivity index (χ0) is 25.8. The average Bonchev–Trinajstić information content (AvgIpc) is 3.32. The minimum absolute atomic E-state index is 0.0276. The minimum Gasteiger partial charge on any atom is -0.490 e. The van der Waals surface area contributed by atoms with Gasteiger partial charge in [0.25, 0.3) is 5.91 Å². The van der Waals surface area contributed by atoms with Crippen molar-refractivity contribution in [2.75, 3.05) is 32.7 Å². The van der Waals surface area contributed by atoms with E-state index in [-0.39, 0.29) is 47.4 Å². The molecule has 2 atom stereocenters. The highest BCUT2D eigenvalue weighted by Crippen LogP contribution is 2.26. The van der Waals surface area contributed by atoms with E-state index in [2.05, 4.69) is 4.99 Å². The van der Waals surface area contributed by atoms with Gasteiger partial charge in [-0.1, -0.05) is 11.6 Å². The number of likely N-dealkylation sites (tertiary alicyclic amines) is 1. The van der Waals surface area contributed by atoms with Gasteiger partial charge >= 0.3 is 0 Å². The Balaban J connectivity index is 1.31. The summed E-state index contributed by atoms with van der Waals surface area (Å²) in [5.74, 6) is -0.333. The lowest BCUT2D eigenvalue weighted by Crippen LogP contribution is -2.49. The summed E-state index contributed by atoms with van der Waals surface area (Å²) >= 11 is 5.72. The highest BCUT2D eigenvalue weighted by molar-refractivity contribution is 6.30.